The van der Waals surface area contributed by atoms with Crippen LogP contribution in [0.1, 0.15) is 92.8 Å². The molecular formula is C46H39N13O8S6. The van der Waals surface area contributed by atoms with Crippen molar-refractivity contribution in [2.45, 2.75) is 57.5 Å². The van der Waals surface area contributed by atoms with Gasteiger partial charge in [-0.05, 0) is 36.8 Å². The lowest BCUT2D eigenvalue weighted by atomic mass is 10.0. The quantitative estimate of drug-likeness (QED) is 0.114. The molecule has 0 aliphatic carbocycles. The lowest BCUT2D eigenvalue weighted by molar-refractivity contribution is -0.134. The Balaban J connectivity index is 1.05. The largest absolute Gasteiger partial charge is 0.508 e. The number of nitrogens with zero attached hydrogens (tertiary/aromatic N) is 8. The third-order valence-electron chi connectivity index (χ3n) is 11.9. The normalized spacial score (nSPS) is 19.4. The standard InChI is InChI=1S/C46H39N13O8S6/c1-18-31(61)12-59-36(18)45-57-30(17-72-45)43-54-26(13-70-43)35-22(7-8-23(51-35)42-55-27(14-71-42)37(48)63)41-56-29(16-69-41)39(65)52-24(10-32(47)62)44-58-34(19(2)73-44)40(66)49-11-33-50-28(15-68-33)38(64)53-25(46(59)67)9-20-3-5-21(60)6-4-20/h3-8,13-18,24-25,31,36,60-61H,9-12H2,1-2H3,(H2,47,62)(H2,48,63)(H,49,66)(H,52,65)(H,53,64)/t18-,24-,25-,31+,36+/m0/s1. The van der Waals surface area contributed by atoms with E-state index >= 15 is 0 Å². The van der Waals surface area contributed by atoms with E-state index in [0.717, 1.165) is 34.0 Å². The Labute approximate surface area is 437 Å². The molecule has 10 bridgehead atoms. The Kier molecular flexibility index (Phi) is 13.7. The van der Waals surface area contributed by atoms with E-state index in [2.05, 4.69) is 35.9 Å². The minimum absolute atomic E-state index is 0.000629. The van der Waals surface area contributed by atoms with Crippen molar-refractivity contribution in [3.63, 3.8) is 0 Å². The fourth-order valence-corrected chi connectivity index (χ4v) is 13.3. The molecule has 5 atom stereocenters. The number of primary amides is 2. The van der Waals surface area contributed by atoms with Crippen molar-refractivity contribution < 1.29 is 39.0 Å². The zero-order chi connectivity index (χ0) is 51.2. The summed E-state index contributed by atoms with van der Waals surface area (Å²) < 4.78 is 0. The van der Waals surface area contributed by atoms with Crippen LogP contribution >= 0.6 is 68.0 Å². The summed E-state index contributed by atoms with van der Waals surface area (Å²) in [5, 5.41) is 40.5. The monoisotopic (exact) mass is 1090 g/mol. The maximum absolute atomic E-state index is 14.8. The van der Waals surface area contributed by atoms with Crippen molar-refractivity contribution >= 4 is 103 Å². The molecule has 0 unspecified atom stereocenters. The van der Waals surface area contributed by atoms with Crippen LogP contribution in [0.25, 0.3) is 43.4 Å². The van der Waals surface area contributed by atoms with Crippen LogP contribution in [0, 0.1) is 12.8 Å². The Morgan fingerprint density at radius 2 is 1.37 bits per heavy atom. The number of hydrogen-bond acceptors (Lipinski definition) is 21. The van der Waals surface area contributed by atoms with Crippen molar-refractivity contribution in [2.24, 2.45) is 17.4 Å². The Morgan fingerprint density at radius 1 is 0.699 bits per heavy atom. The molecular weight excluding hydrogens is 1050 g/mol. The third-order valence-corrected chi connectivity index (χ3v) is 17.3. The molecule has 372 valence electrons. The summed E-state index contributed by atoms with van der Waals surface area (Å²) in [6.45, 7) is 3.37. The smallest absolute Gasteiger partial charge is 0.271 e. The van der Waals surface area contributed by atoms with Crippen molar-refractivity contribution in [2.75, 3.05) is 6.54 Å². The average Bonchev–Trinajstić information content (AvgIpc) is 4.23. The zero-order valence-electron chi connectivity index (χ0n) is 38.1. The van der Waals surface area contributed by atoms with E-state index in [1.807, 2.05) is 12.3 Å². The minimum atomic E-state index is -1.15. The molecule has 2 aliphatic rings. The number of nitrogens with one attached hydrogen (secondary N) is 3. The van der Waals surface area contributed by atoms with E-state index in [1.165, 1.54) is 61.8 Å². The lowest BCUT2D eigenvalue weighted by Gasteiger charge is -2.29. The minimum Gasteiger partial charge on any atom is -0.508 e. The number of thiazole rings is 6. The third kappa shape index (κ3) is 10.2. The molecule has 1 fully saturated rings. The van der Waals surface area contributed by atoms with Gasteiger partial charge in [0, 0.05) is 56.2 Å². The molecule has 1 saturated heterocycles. The summed E-state index contributed by atoms with van der Waals surface area (Å²) in [6.07, 6.45) is -1.23. The number of phenols is 1. The van der Waals surface area contributed by atoms with Gasteiger partial charge in [-0.1, -0.05) is 19.1 Å². The maximum Gasteiger partial charge on any atom is 0.271 e. The first-order valence-electron chi connectivity index (χ1n) is 22.1. The molecule has 9 heterocycles. The number of pyridine rings is 1. The molecule has 10 rings (SSSR count). The Morgan fingerprint density at radius 3 is 2.12 bits per heavy atom. The molecule has 9 N–H and O–H groups in total. The van der Waals surface area contributed by atoms with Gasteiger partial charge in [-0.3, -0.25) is 28.8 Å². The van der Waals surface area contributed by atoms with E-state index in [0.29, 0.717) is 63.8 Å². The number of carbonyl (C=O) groups is 6. The highest BCUT2D eigenvalue weighted by Crippen LogP contribution is 2.42. The van der Waals surface area contributed by atoms with Gasteiger partial charge in [0.05, 0.1) is 36.8 Å². The summed E-state index contributed by atoms with van der Waals surface area (Å²) in [4.78, 5) is 116. The van der Waals surface area contributed by atoms with Gasteiger partial charge in [-0.25, -0.2) is 34.9 Å². The fourth-order valence-electron chi connectivity index (χ4n) is 8.18. The molecule has 0 spiro atoms. The topological polar surface area (TPSA) is 324 Å². The molecule has 27 heteroatoms. The van der Waals surface area contributed by atoms with Crippen molar-refractivity contribution in [3.05, 3.63) is 112 Å². The van der Waals surface area contributed by atoms with Crippen LogP contribution in [0.4, 0.5) is 0 Å². The van der Waals surface area contributed by atoms with Crippen LogP contribution in [0.15, 0.2) is 63.3 Å². The average molecular weight is 1090 g/mol. The molecule has 73 heavy (non-hydrogen) atoms. The summed E-state index contributed by atoms with van der Waals surface area (Å²) in [6, 6.07) is 6.86. The fraction of sp³-hybridized carbons (Fsp3) is 0.239. The van der Waals surface area contributed by atoms with E-state index in [1.54, 1.807) is 41.9 Å². The van der Waals surface area contributed by atoms with Crippen LogP contribution in [-0.2, 0) is 22.6 Å². The second-order valence-electron chi connectivity index (χ2n) is 16.9. The number of nitrogens with two attached hydrogens (primary N) is 2. The highest BCUT2D eigenvalue weighted by Gasteiger charge is 2.45. The van der Waals surface area contributed by atoms with Gasteiger partial charge in [0.25, 0.3) is 23.6 Å². The van der Waals surface area contributed by atoms with Crippen molar-refractivity contribution in [1.29, 1.82) is 0 Å². The number of aliphatic hydroxyl groups is 1. The van der Waals surface area contributed by atoms with Crippen molar-refractivity contribution in [3.8, 4) is 49.1 Å². The van der Waals surface area contributed by atoms with Crippen LogP contribution in [-0.4, -0.2) is 104 Å². The molecule has 6 amide bonds. The SMILES string of the molecule is Cc1sc2nc1C(=O)NCc1nc(cs1)C(=O)N[C@@H](Cc1ccc(O)cc1)C(=O)N1C[C@@H](O)[C@H](C)[C@@H]1c1nc(cs1)-c1nc(cs1)-c1nc(-c3nc(C(N)=O)cs3)ccc1-c1nc(cs1)C(=O)N[C@H]2CC(N)=O. The number of phenolic OH excluding ortho intramolecular Hbond substituents is 1. The molecule has 1 aromatic carbocycles. The number of benzene rings is 1. The van der Waals surface area contributed by atoms with Crippen molar-refractivity contribution in [1.82, 2.24) is 55.7 Å². The molecule has 0 radical (unpaired) electrons. The number of hydrogen-bond donors (Lipinski definition) is 7. The Bertz CT molecular complexity index is 3470. The van der Waals surface area contributed by atoms with Gasteiger partial charge in [0.15, 0.2) is 0 Å². The predicted molar refractivity (Wildman–Crippen MR) is 274 cm³/mol. The van der Waals surface area contributed by atoms with Gasteiger partial charge in [0.2, 0.25) is 11.8 Å². The second-order valence-corrected chi connectivity index (χ2v) is 22.5. The van der Waals surface area contributed by atoms with Gasteiger partial charge in [-0.15, -0.1) is 68.0 Å². The van der Waals surface area contributed by atoms with Crippen LogP contribution in [0.3, 0.4) is 0 Å². The predicted octanol–water partition coefficient (Wildman–Crippen LogP) is 5.11. The van der Waals surface area contributed by atoms with Crippen LogP contribution < -0.4 is 27.4 Å². The first-order chi connectivity index (χ1) is 35.1. The second kappa shape index (κ2) is 20.3. The number of aromatic hydroxyl groups is 1. The summed E-state index contributed by atoms with van der Waals surface area (Å²) >= 11 is 7.14. The van der Waals surface area contributed by atoms with Crippen LogP contribution in [0.2, 0.25) is 0 Å². The number of rotatable bonds is 6. The number of aromatic nitrogens is 7. The summed E-state index contributed by atoms with van der Waals surface area (Å²) in [5.74, 6) is -4.21. The number of aliphatic hydroxyl groups excluding tert-OH is 1. The van der Waals surface area contributed by atoms with E-state index in [-0.39, 0.29) is 59.5 Å². The lowest BCUT2D eigenvalue weighted by Crippen LogP contribution is -2.50. The zero-order valence-corrected chi connectivity index (χ0v) is 43.0. The highest BCUT2D eigenvalue weighted by molar-refractivity contribution is 7.15. The molecule has 2 aliphatic heterocycles. The first kappa shape index (κ1) is 49.3. The van der Waals surface area contributed by atoms with Gasteiger partial charge in [0.1, 0.15) is 81.7 Å². The molecule has 8 aromatic rings. The molecule has 7 aromatic heterocycles. The van der Waals surface area contributed by atoms with E-state index in [9.17, 15) is 39.0 Å². The first-order valence-corrected chi connectivity index (χ1v) is 27.3. The highest BCUT2D eigenvalue weighted by atomic mass is 32.1. The van der Waals surface area contributed by atoms with Gasteiger partial charge in [-0.2, -0.15) is 0 Å². The Hall–Kier alpha value is -7.27. The molecule has 0 saturated carbocycles. The van der Waals surface area contributed by atoms with Gasteiger partial charge >= 0.3 is 0 Å². The van der Waals surface area contributed by atoms with E-state index in [4.69, 9.17) is 26.4 Å². The number of aryl methyl sites for hydroxylation is 1. The number of fused-ring (bicyclic) bond motifs is 16. The van der Waals surface area contributed by atoms with Crippen LogP contribution in [0.5, 0.6) is 5.75 Å². The maximum atomic E-state index is 14.8. The van der Waals surface area contributed by atoms with E-state index < -0.39 is 65.6 Å². The number of amides is 6. The molecule has 21 nitrogen and oxygen atoms in total. The summed E-state index contributed by atoms with van der Waals surface area (Å²) in [5.41, 5.74) is 14.1. The van der Waals surface area contributed by atoms with Gasteiger partial charge < -0.3 is 42.5 Å². The summed E-state index contributed by atoms with van der Waals surface area (Å²) in [7, 11) is 0. The number of carbonyl (C=O) groups excluding carboxylic acids is 6.